The minimum absolute atomic E-state index is 0.959. The highest BCUT2D eigenvalue weighted by atomic mass is 15.3. The van der Waals surface area contributed by atoms with E-state index >= 15 is 0 Å². The third-order valence-electron chi connectivity index (χ3n) is 5.31. The van der Waals surface area contributed by atoms with E-state index in [2.05, 4.69) is 85.3 Å². The van der Waals surface area contributed by atoms with E-state index in [-0.39, 0.29) is 0 Å². The fourth-order valence-corrected chi connectivity index (χ4v) is 3.89. The van der Waals surface area contributed by atoms with Gasteiger partial charge in [-0.2, -0.15) is 5.10 Å². The van der Waals surface area contributed by atoms with Crippen molar-refractivity contribution in [3.8, 4) is 16.9 Å². The molecule has 0 aliphatic rings. The molecule has 0 atom stereocenters. The molecule has 2 aromatic heterocycles. The van der Waals surface area contributed by atoms with Gasteiger partial charge in [0, 0.05) is 22.5 Å². The lowest BCUT2D eigenvalue weighted by atomic mass is 10.1. The lowest BCUT2D eigenvalue weighted by Crippen LogP contribution is -2.01. The Balaban J connectivity index is 1.93. The van der Waals surface area contributed by atoms with Crippen LogP contribution in [0.4, 0.5) is 0 Å². The van der Waals surface area contributed by atoms with Crippen LogP contribution in [-0.2, 0) is 6.42 Å². The molecule has 3 nitrogen and oxygen atoms in total. The summed E-state index contributed by atoms with van der Waals surface area (Å²) >= 11 is 0. The van der Waals surface area contributed by atoms with Gasteiger partial charge >= 0.3 is 0 Å². The summed E-state index contributed by atoms with van der Waals surface area (Å²) in [6.45, 7) is 4.29. The maximum Gasteiger partial charge on any atom is 0.102 e. The van der Waals surface area contributed by atoms with Crippen molar-refractivity contribution in [2.45, 2.75) is 20.3 Å². The molecule has 0 saturated heterocycles. The summed E-state index contributed by atoms with van der Waals surface area (Å²) in [6.07, 6.45) is 2.93. The number of rotatable bonds is 3. The molecule has 0 bridgehead atoms. The zero-order valence-electron chi connectivity index (χ0n) is 16.1. The molecule has 0 fully saturated rings. The van der Waals surface area contributed by atoms with E-state index in [1.165, 1.54) is 11.1 Å². The summed E-state index contributed by atoms with van der Waals surface area (Å²) < 4.78 is 2.11. The van der Waals surface area contributed by atoms with Gasteiger partial charge in [-0.05, 0) is 36.6 Å². The number of aromatic nitrogens is 3. The Morgan fingerprint density at radius 3 is 2.46 bits per heavy atom. The summed E-state index contributed by atoms with van der Waals surface area (Å²) in [5.74, 6) is 0. The van der Waals surface area contributed by atoms with E-state index in [4.69, 9.17) is 10.1 Å². The van der Waals surface area contributed by atoms with Gasteiger partial charge < -0.3 is 0 Å². The fraction of sp³-hybridized carbons (Fsp3) is 0.120. The van der Waals surface area contributed by atoms with Gasteiger partial charge in [0.1, 0.15) is 5.69 Å². The van der Waals surface area contributed by atoms with E-state index in [9.17, 15) is 0 Å². The van der Waals surface area contributed by atoms with Gasteiger partial charge in [-0.25, -0.2) is 4.68 Å². The second kappa shape index (κ2) is 6.61. The Labute approximate surface area is 164 Å². The average molecular weight is 363 g/mol. The number of para-hydroxylation sites is 1. The molecule has 0 saturated carbocycles. The topological polar surface area (TPSA) is 30.7 Å². The van der Waals surface area contributed by atoms with Crippen molar-refractivity contribution >= 4 is 21.8 Å². The fourth-order valence-electron chi connectivity index (χ4n) is 3.89. The standard InChI is InChI=1S/C25H21N3/c1-3-18-9-7-8-12-23(18)28-25-20-14-13-17(2)15-22(20)26-16-21(25)24(27-28)19-10-5-4-6-11-19/h4-16H,3H2,1-2H3. The van der Waals surface area contributed by atoms with Crippen molar-refractivity contribution in [2.24, 2.45) is 0 Å². The van der Waals surface area contributed by atoms with Crippen LogP contribution in [0.25, 0.3) is 38.8 Å². The molecule has 0 aliphatic carbocycles. The average Bonchev–Trinajstić information content (AvgIpc) is 3.14. The van der Waals surface area contributed by atoms with Crippen molar-refractivity contribution in [2.75, 3.05) is 0 Å². The van der Waals surface area contributed by atoms with Crippen molar-refractivity contribution in [1.82, 2.24) is 14.8 Å². The summed E-state index contributed by atoms with van der Waals surface area (Å²) in [6, 6.07) is 25.3. The Kier molecular flexibility index (Phi) is 3.94. The highest BCUT2D eigenvalue weighted by Gasteiger charge is 2.18. The number of pyridine rings is 1. The molecule has 28 heavy (non-hydrogen) atoms. The minimum atomic E-state index is 0.959. The van der Waals surface area contributed by atoms with Crippen LogP contribution < -0.4 is 0 Å². The van der Waals surface area contributed by atoms with Gasteiger partial charge in [-0.1, -0.05) is 67.6 Å². The summed E-state index contributed by atoms with van der Waals surface area (Å²) in [5, 5.41) is 7.29. The molecular weight excluding hydrogens is 342 g/mol. The van der Waals surface area contributed by atoms with E-state index < -0.39 is 0 Å². The molecule has 0 radical (unpaired) electrons. The molecule has 0 amide bonds. The SMILES string of the molecule is CCc1ccccc1-n1nc(-c2ccccc2)c2cnc3cc(C)ccc3c21. The van der Waals surface area contributed by atoms with Gasteiger partial charge in [0.15, 0.2) is 0 Å². The maximum atomic E-state index is 5.09. The molecule has 136 valence electrons. The first-order valence-corrected chi connectivity index (χ1v) is 9.68. The number of hydrogen-bond donors (Lipinski definition) is 0. The zero-order chi connectivity index (χ0) is 19.1. The number of fused-ring (bicyclic) bond motifs is 3. The summed E-state index contributed by atoms with van der Waals surface area (Å²) in [7, 11) is 0. The summed E-state index contributed by atoms with van der Waals surface area (Å²) in [4.78, 5) is 4.75. The maximum absolute atomic E-state index is 5.09. The van der Waals surface area contributed by atoms with Crippen molar-refractivity contribution in [3.05, 3.63) is 90.1 Å². The second-order valence-electron chi connectivity index (χ2n) is 7.15. The monoisotopic (exact) mass is 363 g/mol. The van der Waals surface area contributed by atoms with Gasteiger partial charge in [-0.15, -0.1) is 0 Å². The number of nitrogens with zero attached hydrogens (tertiary/aromatic N) is 3. The second-order valence-corrected chi connectivity index (χ2v) is 7.15. The van der Waals surface area contributed by atoms with Gasteiger partial charge in [0.05, 0.1) is 16.7 Å². The van der Waals surface area contributed by atoms with E-state index in [0.29, 0.717) is 0 Å². The van der Waals surface area contributed by atoms with Gasteiger partial charge in [-0.3, -0.25) is 4.98 Å². The first-order chi connectivity index (χ1) is 13.8. The summed E-state index contributed by atoms with van der Waals surface area (Å²) in [5.41, 5.74) is 7.81. The van der Waals surface area contributed by atoms with Crippen LogP contribution in [0.2, 0.25) is 0 Å². The third kappa shape index (κ3) is 2.59. The van der Waals surface area contributed by atoms with Crippen LogP contribution in [-0.4, -0.2) is 14.8 Å². The van der Waals surface area contributed by atoms with Crippen molar-refractivity contribution in [1.29, 1.82) is 0 Å². The van der Waals surface area contributed by atoms with Crippen LogP contribution in [0.1, 0.15) is 18.1 Å². The number of benzene rings is 3. The Bertz CT molecular complexity index is 1300. The molecule has 0 N–H and O–H groups in total. The number of aryl methyl sites for hydroxylation is 2. The Morgan fingerprint density at radius 2 is 1.64 bits per heavy atom. The minimum Gasteiger partial charge on any atom is -0.255 e. The molecule has 5 rings (SSSR count). The van der Waals surface area contributed by atoms with Crippen LogP contribution in [0, 0.1) is 6.92 Å². The largest absolute Gasteiger partial charge is 0.255 e. The zero-order valence-corrected chi connectivity index (χ0v) is 16.1. The van der Waals surface area contributed by atoms with Gasteiger partial charge in [0.2, 0.25) is 0 Å². The Morgan fingerprint density at radius 1 is 0.857 bits per heavy atom. The lowest BCUT2D eigenvalue weighted by Gasteiger charge is -2.10. The van der Waals surface area contributed by atoms with Crippen LogP contribution in [0.3, 0.4) is 0 Å². The molecule has 0 spiro atoms. The molecule has 0 aliphatic heterocycles. The molecule has 3 heteroatoms. The number of hydrogen-bond acceptors (Lipinski definition) is 2. The quantitative estimate of drug-likeness (QED) is 0.387. The molecular formula is C25H21N3. The van der Waals surface area contributed by atoms with Gasteiger partial charge in [0.25, 0.3) is 0 Å². The smallest absolute Gasteiger partial charge is 0.102 e. The normalized spacial score (nSPS) is 11.4. The Hall–Kier alpha value is -3.46. The van der Waals surface area contributed by atoms with Crippen molar-refractivity contribution < 1.29 is 0 Å². The third-order valence-corrected chi connectivity index (χ3v) is 5.31. The van der Waals surface area contributed by atoms with Crippen LogP contribution in [0.15, 0.2) is 79.0 Å². The highest BCUT2D eigenvalue weighted by Crippen LogP contribution is 2.34. The molecule has 2 heterocycles. The lowest BCUT2D eigenvalue weighted by molar-refractivity contribution is 0.896. The molecule has 5 aromatic rings. The first kappa shape index (κ1) is 16.7. The van der Waals surface area contributed by atoms with E-state index in [0.717, 1.165) is 45.2 Å². The van der Waals surface area contributed by atoms with E-state index in [1.54, 1.807) is 0 Å². The highest BCUT2D eigenvalue weighted by molar-refractivity contribution is 6.08. The predicted molar refractivity (Wildman–Crippen MR) is 116 cm³/mol. The molecule has 3 aromatic carbocycles. The van der Waals surface area contributed by atoms with Crippen LogP contribution in [0.5, 0.6) is 0 Å². The van der Waals surface area contributed by atoms with Crippen molar-refractivity contribution in [3.63, 3.8) is 0 Å². The predicted octanol–water partition coefficient (Wildman–Crippen LogP) is 6.11. The van der Waals surface area contributed by atoms with E-state index in [1.807, 2.05) is 12.3 Å². The first-order valence-electron chi connectivity index (χ1n) is 9.68. The van der Waals surface area contributed by atoms with Crippen LogP contribution >= 0.6 is 0 Å². The molecule has 0 unspecified atom stereocenters.